The first-order chi connectivity index (χ1) is 7.59. The van der Waals surface area contributed by atoms with Gasteiger partial charge in [0.2, 0.25) is 0 Å². The monoisotopic (exact) mass is 225 g/mol. The molecule has 0 saturated carbocycles. The lowest BCUT2D eigenvalue weighted by atomic mass is 10.1. The Morgan fingerprint density at radius 3 is 2.62 bits per heavy atom. The van der Waals surface area contributed by atoms with Crippen LogP contribution < -0.4 is 5.32 Å². The number of nitrogens with one attached hydrogen (secondary N) is 1. The summed E-state index contributed by atoms with van der Waals surface area (Å²) in [5, 5.41) is 11.7. The van der Waals surface area contributed by atoms with Crippen LogP contribution in [-0.4, -0.2) is 24.2 Å². The van der Waals surface area contributed by atoms with Gasteiger partial charge < -0.3 is 10.4 Å². The van der Waals surface area contributed by atoms with Crippen molar-refractivity contribution >= 4 is 5.97 Å². The molecule has 3 nitrogen and oxygen atoms in total. The van der Waals surface area contributed by atoms with E-state index in [4.69, 9.17) is 5.11 Å². The number of halogens is 1. The fraction of sp³-hybridized carbons (Fsp3) is 0.417. The third-order valence-electron chi connectivity index (χ3n) is 2.38. The SMILES string of the molecule is CC(CNCCc1ccc(F)cc1)C(=O)O. The van der Waals surface area contributed by atoms with Crippen LogP contribution in [0.5, 0.6) is 0 Å². The van der Waals surface area contributed by atoms with Crippen LogP contribution in [0.4, 0.5) is 4.39 Å². The Bertz CT molecular complexity index is 337. The van der Waals surface area contributed by atoms with E-state index in [1.165, 1.54) is 12.1 Å². The quantitative estimate of drug-likeness (QED) is 0.724. The van der Waals surface area contributed by atoms with Crippen molar-refractivity contribution in [3.63, 3.8) is 0 Å². The van der Waals surface area contributed by atoms with Gasteiger partial charge in [-0.15, -0.1) is 0 Å². The van der Waals surface area contributed by atoms with Crippen LogP contribution in [0.2, 0.25) is 0 Å². The molecule has 0 aliphatic rings. The van der Waals surface area contributed by atoms with Gasteiger partial charge >= 0.3 is 5.97 Å². The van der Waals surface area contributed by atoms with Gasteiger partial charge in [0.15, 0.2) is 0 Å². The molecule has 0 aromatic heterocycles. The molecule has 1 aromatic carbocycles. The van der Waals surface area contributed by atoms with Crippen molar-refractivity contribution in [2.75, 3.05) is 13.1 Å². The van der Waals surface area contributed by atoms with Gasteiger partial charge in [0.25, 0.3) is 0 Å². The standard InChI is InChI=1S/C12H16FNO2/c1-9(12(15)16)8-14-7-6-10-2-4-11(13)5-3-10/h2-5,9,14H,6-8H2,1H3,(H,15,16). The molecule has 1 atom stereocenters. The lowest BCUT2D eigenvalue weighted by molar-refractivity contribution is -0.140. The predicted molar refractivity (Wildman–Crippen MR) is 59.8 cm³/mol. The van der Waals surface area contributed by atoms with Crippen molar-refractivity contribution in [3.8, 4) is 0 Å². The molecule has 0 bridgehead atoms. The maximum Gasteiger partial charge on any atom is 0.307 e. The molecule has 88 valence electrons. The van der Waals surface area contributed by atoms with Gasteiger partial charge in [-0.05, 0) is 30.7 Å². The van der Waals surface area contributed by atoms with Crippen LogP contribution in [0, 0.1) is 11.7 Å². The van der Waals surface area contributed by atoms with Crippen LogP contribution in [0.3, 0.4) is 0 Å². The zero-order valence-corrected chi connectivity index (χ0v) is 9.24. The molecule has 0 aliphatic carbocycles. The highest BCUT2D eigenvalue weighted by Crippen LogP contribution is 2.02. The second-order valence-electron chi connectivity index (χ2n) is 3.82. The summed E-state index contributed by atoms with van der Waals surface area (Å²) >= 11 is 0. The lowest BCUT2D eigenvalue weighted by Gasteiger charge is -2.08. The summed E-state index contributed by atoms with van der Waals surface area (Å²) in [6, 6.07) is 6.32. The van der Waals surface area contributed by atoms with E-state index in [-0.39, 0.29) is 11.7 Å². The van der Waals surface area contributed by atoms with Crippen molar-refractivity contribution in [2.24, 2.45) is 5.92 Å². The van der Waals surface area contributed by atoms with Gasteiger partial charge in [-0.3, -0.25) is 4.79 Å². The van der Waals surface area contributed by atoms with Gasteiger partial charge in [0, 0.05) is 6.54 Å². The van der Waals surface area contributed by atoms with E-state index in [0.717, 1.165) is 12.0 Å². The van der Waals surface area contributed by atoms with Crippen molar-refractivity contribution in [3.05, 3.63) is 35.6 Å². The second-order valence-corrected chi connectivity index (χ2v) is 3.82. The van der Waals surface area contributed by atoms with E-state index >= 15 is 0 Å². The topological polar surface area (TPSA) is 49.3 Å². The third kappa shape index (κ3) is 4.40. The molecular formula is C12H16FNO2. The van der Waals surface area contributed by atoms with E-state index < -0.39 is 5.97 Å². The van der Waals surface area contributed by atoms with Crippen LogP contribution in [0.15, 0.2) is 24.3 Å². The summed E-state index contributed by atoms with van der Waals surface area (Å²) in [5.74, 6) is -1.42. The molecule has 0 fully saturated rings. The van der Waals surface area contributed by atoms with Crippen LogP contribution >= 0.6 is 0 Å². The van der Waals surface area contributed by atoms with Crippen LogP contribution in [0.1, 0.15) is 12.5 Å². The lowest BCUT2D eigenvalue weighted by Crippen LogP contribution is -2.27. The van der Waals surface area contributed by atoms with Gasteiger partial charge in [-0.2, -0.15) is 0 Å². The van der Waals surface area contributed by atoms with E-state index in [0.29, 0.717) is 13.1 Å². The molecule has 0 spiro atoms. The van der Waals surface area contributed by atoms with Gasteiger partial charge in [-0.25, -0.2) is 4.39 Å². The largest absolute Gasteiger partial charge is 0.481 e. The van der Waals surface area contributed by atoms with Crippen LogP contribution in [0.25, 0.3) is 0 Å². The third-order valence-corrected chi connectivity index (χ3v) is 2.38. The number of carboxylic acid groups (broad SMARTS) is 1. The number of carbonyl (C=O) groups is 1. The van der Waals surface area contributed by atoms with E-state index in [2.05, 4.69) is 5.32 Å². The number of benzene rings is 1. The first-order valence-electron chi connectivity index (χ1n) is 5.27. The first-order valence-corrected chi connectivity index (χ1v) is 5.27. The molecule has 0 aliphatic heterocycles. The number of aliphatic carboxylic acids is 1. The predicted octanol–water partition coefficient (Wildman–Crippen LogP) is 1.68. The van der Waals surface area contributed by atoms with Crippen molar-refractivity contribution in [1.82, 2.24) is 5.32 Å². The highest BCUT2D eigenvalue weighted by Gasteiger charge is 2.08. The molecule has 0 heterocycles. The summed E-state index contributed by atoms with van der Waals surface area (Å²) in [6.45, 7) is 2.81. The Labute approximate surface area is 94.3 Å². The Hall–Kier alpha value is -1.42. The molecular weight excluding hydrogens is 209 g/mol. The molecule has 4 heteroatoms. The fourth-order valence-electron chi connectivity index (χ4n) is 1.29. The summed E-state index contributed by atoms with van der Waals surface area (Å²) in [5.41, 5.74) is 1.04. The van der Waals surface area contributed by atoms with E-state index in [1.807, 2.05) is 0 Å². The zero-order chi connectivity index (χ0) is 12.0. The first kappa shape index (κ1) is 12.6. The smallest absolute Gasteiger partial charge is 0.307 e. The van der Waals surface area contributed by atoms with Crippen molar-refractivity contribution in [1.29, 1.82) is 0 Å². The Morgan fingerprint density at radius 1 is 1.44 bits per heavy atom. The minimum Gasteiger partial charge on any atom is -0.481 e. The highest BCUT2D eigenvalue weighted by atomic mass is 19.1. The molecule has 1 unspecified atom stereocenters. The summed E-state index contributed by atoms with van der Waals surface area (Å²) < 4.78 is 12.6. The molecule has 1 aromatic rings. The Morgan fingerprint density at radius 2 is 2.06 bits per heavy atom. The summed E-state index contributed by atoms with van der Waals surface area (Å²) in [4.78, 5) is 10.5. The van der Waals surface area contributed by atoms with E-state index in [9.17, 15) is 9.18 Å². The molecule has 0 amide bonds. The van der Waals surface area contributed by atoms with E-state index in [1.54, 1.807) is 19.1 Å². The number of hydrogen-bond donors (Lipinski definition) is 2. The number of carboxylic acids is 1. The van der Waals surface area contributed by atoms with Gasteiger partial charge in [0.1, 0.15) is 5.82 Å². The fourth-order valence-corrected chi connectivity index (χ4v) is 1.29. The normalized spacial score (nSPS) is 12.4. The van der Waals surface area contributed by atoms with Gasteiger partial charge in [0.05, 0.1) is 5.92 Å². The average molecular weight is 225 g/mol. The number of rotatable bonds is 6. The molecule has 1 rings (SSSR count). The average Bonchev–Trinajstić information content (AvgIpc) is 2.26. The maximum atomic E-state index is 12.6. The minimum atomic E-state index is -0.797. The Balaban J connectivity index is 2.21. The summed E-state index contributed by atoms with van der Waals surface area (Å²) in [6.07, 6.45) is 0.770. The van der Waals surface area contributed by atoms with Gasteiger partial charge in [-0.1, -0.05) is 19.1 Å². The minimum absolute atomic E-state index is 0.240. The highest BCUT2D eigenvalue weighted by molar-refractivity contribution is 5.69. The van der Waals surface area contributed by atoms with Crippen molar-refractivity contribution < 1.29 is 14.3 Å². The number of hydrogen-bond acceptors (Lipinski definition) is 2. The zero-order valence-electron chi connectivity index (χ0n) is 9.24. The maximum absolute atomic E-state index is 12.6. The molecule has 0 saturated heterocycles. The molecule has 2 N–H and O–H groups in total. The molecule has 16 heavy (non-hydrogen) atoms. The second kappa shape index (κ2) is 6.23. The Kier molecular flexibility index (Phi) is 4.92. The molecule has 0 radical (unpaired) electrons. The summed E-state index contributed by atoms with van der Waals surface area (Å²) in [7, 11) is 0. The van der Waals surface area contributed by atoms with Crippen LogP contribution in [-0.2, 0) is 11.2 Å². The van der Waals surface area contributed by atoms with Crippen molar-refractivity contribution in [2.45, 2.75) is 13.3 Å².